The van der Waals surface area contributed by atoms with Gasteiger partial charge in [-0.05, 0) is 47.9 Å². The van der Waals surface area contributed by atoms with E-state index in [4.69, 9.17) is 0 Å². The van der Waals surface area contributed by atoms with Gasteiger partial charge in [-0.15, -0.1) is 0 Å². The van der Waals surface area contributed by atoms with Gasteiger partial charge in [0.2, 0.25) is 0 Å². The number of hydrogen-bond acceptors (Lipinski definition) is 5. The average molecular weight is 464 g/mol. The normalized spacial score (nSPS) is 18.1. The van der Waals surface area contributed by atoms with Crippen LogP contribution in [0.2, 0.25) is 0 Å². The highest BCUT2D eigenvalue weighted by atomic mass is 32.2. The van der Waals surface area contributed by atoms with E-state index < -0.39 is 20.2 Å². The van der Waals surface area contributed by atoms with Gasteiger partial charge in [0, 0.05) is 36.4 Å². The summed E-state index contributed by atoms with van der Waals surface area (Å²) in [5.41, 5.74) is -2.52. The van der Waals surface area contributed by atoms with E-state index in [1.54, 1.807) is 6.20 Å². The molecule has 0 N–H and O–H groups in total. The fraction of sp³-hybridized carbons (Fsp3) is 0.348. The summed E-state index contributed by atoms with van der Waals surface area (Å²) >= 11 is 0. The number of nitrogens with zero attached hydrogens (tertiary/aromatic N) is 3. The van der Waals surface area contributed by atoms with Crippen LogP contribution in [0.4, 0.5) is 18.9 Å². The number of para-hydroxylation sites is 1. The van der Waals surface area contributed by atoms with Gasteiger partial charge < -0.3 is 4.90 Å². The second-order valence-electron chi connectivity index (χ2n) is 8.35. The summed E-state index contributed by atoms with van der Waals surface area (Å²) in [6, 6.07) is 15.2. The van der Waals surface area contributed by atoms with Gasteiger partial charge in [0.05, 0.1) is 17.1 Å². The lowest BCUT2D eigenvalue weighted by molar-refractivity contribution is -0.0436. The molecule has 0 unspecified atom stereocenters. The van der Waals surface area contributed by atoms with E-state index in [0.29, 0.717) is 31.4 Å². The molecule has 1 fully saturated rings. The molecule has 0 spiro atoms. The third kappa shape index (κ3) is 4.19. The first kappa shape index (κ1) is 22.5. The van der Waals surface area contributed by atoms with Crippen LogP contribution in [0.1, 0.15) is 19.4 Å². The molecule has 1 atom stereocenters. The van der Waals surface area contributed by atoms with E-state index in [1.165, 1.54) is 12.1 Å². The van der Waals surface area contributed by atoms with Crippen LogP contribution >= 0.6 is 0 Å². The minimum absolute atomic E-state index is 0.237. The highest BCUT2D eigenvalue weighted by Gasteiger charge is 2.46. The van der Waals surface area contributed by atoms with Crippen molar-refractivity contribution in [3.63, 3.8) is 0 Å². The zero-order chi connectivity index (χ0) is 23.1. The molecule has 32 heavy (non-hydrogen) atoms. The zero-order valence-corrected chi connectivity index (χ0v) is 18.6. The lowest BCUT2D eigenvalue weighted by Gasteiger charge is -2.26. The highest BCUT2D eigenvalue weighted by molar-refractivity contribution is 7.92. The molecule has 0 bridgehead atoms. The molecule has 0 amide bonds. The smallest absolute Gasteiger partial charge is 0.357 e. The molecule has 170 valence electrons. The van der Waals surface area contributed by atoms with Crippen molar-refractivity contribution >= 4 is 26.4 Å². The second kappa shape index (κ2) is 8.37. The van der Waals surface area contributed by atoms with Crippen molar-refractivity contribution in [1.29, 1.82) is 0 Å². The molecule has 1 aliphatic heterocycles. The molecule has 9 heteroatoms. The summed E-state index contributed by atoms with van der Waals surface area (Å²) in [5.74, 6) is 0.359. The standard InChI is InChI=1S/C23H24F3N3O2S/c1-16(2)22-14-28(18-7-9-19(10-8-18)32(30,31)23(24,25)26)15-29(22)13-17-11-12-27-21-6-4-3-5-20(17)21/h3-12,16,22H,13-15H2,1-2H3/t22-/m0/s1. The van der Waals surface area contributed by atoms with E-state index in [1.807, 2.05) is 24.3 Å². The Labute approximate surface area is 185 Å². The minimum atomic E-state index is -5.35. The molecular formula is C23H24F3N3O2S. The summed E-state index contributed by atoms with van der Waals surface area (Å²) in [5, 5.41) is 1.10. The van der Waals surface area contributed by atoms with Gasteiger partial charge in [-0.3, -0.25) is 9.88 Å². The fourth-order valence-corrected chi connectivity index (χ4v) is 4.95. The Morgan fingerprint density at radius 1 is 1.06 bits per heavy atom. The van der Waals surface area contributed by atoms with Crippen LogP contribution in [-0.4, -0.2) is 43.1 Å². The predicted molar refractivity (Wildman–Crippen MR) is 118 cm³/mol. The van der Waals surface area contributed by atoms with Crippen molar-refractivity contribution in [1.82, 2.24) is 9.88 Å². The Bertz CT molecular complexity index is 1210. The summed E-state index contributed by atoms with van der Waals surface area (Å²) in [7, 11) is -5.35. The first-order valence-electron chi connectivity index (χ1n) is 10.3. The summed E-state index contributed by atoms with van der Waals surface area (Å²) in [6.07, 6.45) is 1.80. The third-order valence-electron chi connectivity index (χ3n) is 5.93. The number of hydrogen-bond donors (Lipinski definition) is 0. The van der Waals surface area contributed by atoms with E-state index >= 15 is 0 Å². The largest absolute Gasteiger partial charge is 0.501 e. The fourth-order valence-electron chi connectivity index (χ4n) is 4.19. The van der Waals surface area contributed by atoms with Crippen molar-refractivity contribution in [2.75, 3.05) is 18.1 Å². The molecule has 3 aromatic rings. The summed E-state index contributed by atoms with van der Waals surface area (Å²) < 4.78 is 61.7. The van der Waals surface area contributed by atoms with Crippen LogP contribution in [0.3, 0.4) is 0 Å². The van der Waals surface area contributed by atoms with Gasteiger partial charge in [-0.2, -0.15) is 13.2 Å². The van der Waals surface area contributed by atoms with Crippen LogP contribution in [0.15, 0.2) is 65.7 Å². The van der Waals surface area contributed by atoms with Gasteiger partial charge in [-0.1, -0.05) is 32.0 Å². The quantitative estimate of drug-likeness (QED) is 0.542. The number of rotatable bonds is 5. The molecule has 1 saturated heterocycles. The first-order chi connectivity index (χ1) is 15.1. The predicted octanol–water partition coefficient (Wildman–Crippen LogP) is 4.83. The summed E-state index contributed by atoms with van der Waals surface area (Å²) in [4.78, 5) is 8.09. The van der Waals surface area contributed by atoms with Gasteiger partial charge in [-0.25, -0.2) is 8.42 Å². The van der Waals surface area contributed by atoms with Crippen molar-refractivity contribution in [2.45, 2.75) is 36.8 Å². The number of anilines is 1. The number of sulfone groups is 1. The average Bonchev–Trinajstić information content (AvgIpc) is 3.17. The number of benzene rings is 2. The maximum atomic E-state index is 12.8. The highest BCUT2D eigenvalue weighted by Crippen LogP contribution is 2.33. The van der Waals surface area contributed by atoms with Gasteiger partial charge >= 0.3 is 5.51 Å². The van der Waals surface area contributed by atoms with E-state index in [9.17, 15) is 21.6 Å². The Morgan fingerprint density at radius 2 is 1.75 bits per heavy atom. The molecule has 0 radical (unpaired) electrons. The van der Waals surface area contributed by atoms with Gasteiger partial charge in [0.15, 0.2) is 0 Å². The Morgan fingerprint density at radius 3 is 2.41 bits per heavy atom. The van der Waals surface area contributed by atoms with Gasteiger partial charge in [0.25, 0.3) is 9.84 Å². The number of alkyl halides is 3. The molecular weight excluding hydrogens is 439 g/mol. The van der Waals surface area contributed by atoms with E-state index in [-0.39, 0.29) is 6.04 Å². The van der Waals surface area contributed by atoms with Crippen LogP contribution in [-0.2, 0) is 16.4 Å². The van der Waals surface area contributed by atoms with Crippen LogP contribution < -0.4 is 4.90 Å². The Kier molecular flexibility index (Phi) is 5.89. The summed E-state index contributed by atoms with van der Waals surface area (Å²) in [6.45, 7) is 6.29. The second-order valence-corrected chi connectivity index (χ2v) is 10.3. The monoisotopic (exact) mass is 463 g/mol. The Hall–Kier alpha value is -2.65. The van der Waals surface area contributed by atoms with Gasteiger partial charge in [0.1, 0.15) is 0 Å². The molecule has 4 rings (SSSR count). The van der Waals surface area contributed by atoms with Crippen molar-refractivity contribution in [2.24, 2.45) is 5.92 Å². The molecule has 0 saturated carbocycles. The van der Waals surface area contributed by atoms with E-state index in [2.05, 4.69) is 34.7 Å². The minimum Gasteiger partial charge on any atom is -0.357 e. The maximum absolute atomic E-state index is 12.8. The lowest BCUT2D eigenvalue weighted by Crippen LogP contribution is -2.34. The molecule has 1 aromatic heterocycles. The van der Waals surface area contributed by atoms with Crippen LogP contribution in [0, 0.1) is 5.92 Å². The van der Waals surface area contributed by atoms with Crippen LogP contribution in [0.25, 0.3) is 10.9 Å². The molecule has 2 aromatic carbocycles. The SMILES string of the molecule is CC(C)[C@@H]1CN(c2ccc(S(=O)(=O)C(F)(F)F)cc2)CN1Cc1ccnc2ccccc12. The van der Waals surface area contributed by atoms with Crippen molar-refractivity contribution in [3.05, 3.63) is 66.4 Å². The molecule has 1 aliphatic rings. The number of pyridine rings is 1. The molecule has 2 heterocycles. The maximum Gasteiger partial charge on any atom is 0.501 e. The van der Waals surface area contributed by atoms with E-state index in [0.717, 1.165) is 28.6 Å². The number of fused-ring (bicyclic) bond motifs is 1. The van der Waals surface area contributed by atoms with Crippen LogP contribution in [0.5, 0.6) is 0 Å². The van der Waals surface area contributed by atoms with Crippen molar-refractivity contribution in [3.8, 4) is 0 Å². The topological polar surface area (TPSA) is 53.5 Å². The zero-order valence-electron chi connectivity index (χ0n) is 17.7. The lowest BCUT2D eigenvalue weighted by atomic mass is 10.0. The Balaban J connectivity index is 1.57. The number of aromatic nitrogens is 1. The molecule has 0 aliphatic carbocycles. The molecule has 5 nitrogen and oxygen atoms in total. The number of halogens is 3. The third-order valence-corrected chi connectivity index (χ3v) is 7.43. The first-order valence-corrected chi connectivity index (χ1v) is 11.8. The van der Waals surface area contributed by atoms with Crippen molar-refractivity contribution < 1.29 is 21.6 Å².